The van der Waals surface area contributed by atoms with E-state index in [2.05, 4.69) is 0 Å². The highest BCUT2D eigenvalue weighted by Gasteiger charge is 2.34. The Morgan fingerprint density at radius 1 is 0.622 bits per heavy atom. The molecule has 4 aromatic carbocycles. The summed E-state index contributed by atoms with van der Waals surface area (Å²) in [7, 11) is 0. The number of nitriles is 2. The lowest BCUT2D eigenvalue weighted by atomic mass is 9.74. The second-order valence-corrected chi connectivity index (χ2v) is 8.97. The van der Waals surface area contributed by atoms with E-state index in [9.17, 15) is 20.1 Å². The van der Waals surface area contributed by atoms with Crippen molar-refractivity contribution in [2.45, 2.75) is 18.8 Å². The third-order valence-corrected chi connectivity index (χ3v) is 6.63. The van der Waals surface area contributed by atoms with E-state index in [1.165, 1.54) is 0 Å². The van der Waals surface area contributed by atoms with Crippen molar-refractivity contribution < 1.29 is 9.59 Å². The molecule has 4 rings (SSSR count). The summed E-state index contributed by atoms with van der Waals surface area (Å²) >= 11 is 0. The number of carbonyl (C=O) groups excluding carboxylic acids is 2. The highest BCUT2D eigenvalue weighted by Crippen LogP contribution is 2.36. The minimum Gasteiger partial charge on any atom is -0.294 e. The second-order valence-electron chi connectivity index (χ2n) is 8.97. The van der Waals surface area contributed by atoms with Gasteiger partial charge in [0.1, 0.15) is 5.92 Å². The highest BCUT2D eigenvalue weighted by atomic mass is 16.1. The van der Waals surface area contributed by atoms with E-state index in [0.29, 0.717) is 11.1 Å². The Morgan fingerprint density at radius 3 is 1.70 bits per heavy atom. The molecule has 0 aliphatic carbocycles. The van der Waals surface area contributed by atoms with Gasteiger partial charge in [-0.1, -0.05) is 115 Å². The van der Waals surface area contributed by atoms with E-state index in [-0.39, 0.29) is 24.4 Å². The molecule has 4 nitrogen and oxygen atoms in total. The lowest BCUT2D eigenvalue weighted by molar-refractivity contribution is 0.0864. The average Bonchev–Trinajstić information content (AvgIpc) is 2.98. The van der Waals surface area contributed by atoms with Gasteiger partial charge in [0, 0.05) is 29.4 Å². The lowest BCUT2D eigenvalue weighted by Gasteiger charge is -2.27. The van der Waals surface area contributed by atoms with Gasteiger partial charge in [0.15, 0.2) is 11.6 Å². The lowest BCUT2D eigenvalue weighted by Crippen LogP contribution is -2.27. The predicted molar refractivity (Wildman–Crippen MR) is 144 cm³/mol. The Balaban J connectivity index is 1.68. The van der Waals surface area contributed by atoms with Crippen LogP contribution in [0, 0.1) is 34.5 Å². The van der Waals surface area contributed by atoms with Crippen LogP contribution in [-0.2, 0) is 0 Å². The number of rotatable bonds is 10. The summed E-state index contributed by atoms with van der Waals surface area (Å²) in [4.78, 5) is 27.2. The van der Waals surface area contributed by atoms with Gasteiger partial charge < -0.3 is 0 Å². The van der Waals surface area contributed by atoms with E-state index in [1.807, 2.05) is 103 Å². The maximum atomic E-state index is 13.7. The summed E-state index contributed by atoms with van der Waals surface area (Å²) in [5.74, 6) is -2.41. The minimum absolute atomic E-state index is 0.0561. The third-order valence-electron chi connectivity index (χ3n) is 6.63. The van der Waals surface area contributed by atoms with Crippen LogP contribution in [0.3, 0.4) is 0 Å². The van der Waals surface area contributed by atoms with E-state index < -0.39 is 17.8 Å². The Labute approximate surface area is 217 Å². The number of hydrogen-bond donors (Lipinski definition) is 0. The molecule has 37 heavy (non-hydrogen) atoms. The van der Waals surface area contributed by atoms with Crippen molar-refractivity contribution in [2.75, 3.05) is 0 Å². The van der Waals surface area contributed by atoms with Crippen LogP contribution in [0.1, 0.15) is 45.0 Å². The van der Waals surface area contributed by atoms with Crippen LogP contribution in [-0.4, -0.2) is 11.6 Å². The van der Waals surface area contributed by atoms with E-state index in [0.717, 1.165) is 16.7 Å². The Hall–Kier alpha value is -4.80. The van der Waals surface area contributed by atoms with Gasteiger partial charge in [-0.2, -0.15) is 10.5 Å². The molecule has 0 radical (unpaired) electrons. The number of ketones is 2. The standard InChI is InChI=1S/C33H26N2O2/c34-22-24(23-35)20-31(33(37)29-14-8-3-9-15-29)30(27-12-6-2-7-13-27)21-32(36)28-18-16-26(17-19-28)25-10-4-1-5-11-25/h1-19,24,30-31H,20-21H2. The normalized spacial score (nSPS) is 12.2. The first-order valence-electron chi connectivity index (χ1n) is 12.2. The molecule has 0 saturated carbocycles. The molecule has 0 aliphatic heterocycles. The van der Waals surface area contributed by atoms with Crippen molar-refractivity contribution in [2.24, 2.45) is 11.8 Å². The summed E-state index contributed by atoms with van der Waals surface area (Å²) in [6, 6.07) is 39.7. The molecule has 0 aliphatic rings. The Kier molecular flexibility index (Phi) is 8.37. The van der Waals surface area contributed by atoms with Crippen LogP contribution in [0.4, 0.5) is 0 Å². The molecule has 0 heterocycles. The van der Waals surface area contributed by atoms with Gasteiger partial charge in [-0.05, 0) is 23.1 Å². The topological polar surface area (TPSA) is 81.7 Å². The molecule has 0 N–H and O–H groups in total. The first-order valence-corrected chi connectivity index (χ1v) is 12.2. The minimum atomic E-state index is -0.955. The Bertz CT molecular complexity index is 1400. The molecule has 0 spiro atoms. The van der Waals surface area contributed by atoms with Crippen LogP contribution in [0.15, 0.2) is 115 Å². The quantitative estimate of drug-likeness (QED) is 0.223. The molecule has 0 amide bonds. The number of hydrogen-bond acceptors (Lipinski definition) is 4. The van der Waals surface area contributed by atoms with Gasteiger partial charge in [0.25, 0.3) is 0 Å². The zero-order chi connectivity index (χ0) is 26.0. The van der Waals surface area contributed by atoms with Crippen LogP contribution in [0.5, 0.6) is 0 Å². The average molecular weight is 483 g/mol. The van der Waals surface area contributed by atoms with Crippen LogP contribution >= 0.6 is 0 Å². The molecule has 0 bridgehead atoms. The summed E-state index contributed by atoms with van der Waals surface area (Å²) in [6.07, 6.45) is 0.141. The summed E-state index contributed by atoms with van der Waals surface area (Å²) in [6.45, 7) is 0. The molecule has 2 atom stereocenters. The van der Waals surface area contributed by atoms with Gasteiger partial charge in [0.2, 0.25) is 0 Å². The first-order chi connectivity index (χ1) is 18.1. The van der Waals surface area contributed by atoms with Crippen molar-refractivity contribution in [3.63, 3.8) is 0 Å². The van der Waals surface area contributed by atoms with E-state index in [4.69, 9.17) is 0 Å². The molecular formula is C33H26N2O2. The van der Waals surface area contributed by atoms with Crippen LogP contribution < -0.4 is 0 Å². The van der Waals surface area contributed by atoms with Gasteiger partial charge in [-0.15, -0.1) is 0 Å². The van der Waals surface area contributed by atoms with Gasteiger partial charge >= 0.3 is 0 Å². The maximum absolute atomic E-state index is 13.7. The molecule has 0 fully saturated rings. The van der Waals surface area contributed by atoms with Gasteiger partial charge in [-0.3, -0.25) is 9.59 Å². The summed E-state index contributed by atoms with van der Waals surface area (Å²) in [5, 5.41) is 19.0. The Morgan fingerprint density at radius 2 is 1.14 bits per heavy atom. The summed E-state index contributed by atoms with van der Waals surface area (Å²) < 4.78 is 0. The molecule has 4 heteroatoms. The predicted octanol–water partition coefficient (Wildman–Crippen LogP) is 7.26. The van der Waals surface area contributed by atoms with E-state index in [1.54, 1.807) is 24.3 Å². The van der Waals surface area contributed by atoms with Gasteiger partial charge in [-0.25, -0.2) is 0 Å². The van der Waals surface area contributed by atoms with Crippen molar-refractivity contribution in [1.82, 2.24) is 0 Å². The van der Waals surface area contributed by atoms with Crippen LogP contribution in [0.2, 0.25) is 0 Å². The van der Waals surface area contributed by atoms with Crippen molar-refractivity contribution in [1.29, 1.82) is 10.5 Å². The zero-order valence-corrected chi connectivity index (χ0v) is 20.3. The number of Topliss-reactive ketones (excluding diaryl/α,β-unsaturated/α-hetero) is 2. The van der Waals surface area contributed by atoms with Crippen LogP contribution in [0.25, 0.3) is 11.1 Å². The fourth-order valence-corrected chi connectivity index (χ4v) is 4.65. The van der Waals surface area contributed by atoms with Gasteiger partial charge in [0.05, 0.1) is 12.1 Å². The molecule has 0 saturated heterocycles. The zero-order valence-electron chi connectivity index (χ0n) is 20.3. The van der Waals surface area contributed by atoms with Crippen molar-refractivity contribution >= 4 is 11.6 Å². The van der Waals surface area contributed by atoms with Crippen molar-refractivity contribution in [3.8, 4) is 23.3 Å². The second kappa shape index (κ2) is 12.2. The molecule has 2 unspecified atom stereocenters. The number of nitrogens with zero attached hydrogens (tertiary/aromatic N) is 2. The number of benzene rings is 4. The van der Waals surface area contributed by atoms with Crippen molar-refractivity contribution in [3.05, 3.63) is 132 Å². The molecule has 4 aromatic rings. The van der Waals surface area contributed by atoms with E-state index >= 15 is 0 Å². The highest BCUT2D eigenvalue weighted by molar-refractivity contribution is 6.00. The fraction of sp³-hybridized carbons (Fsp3) is 0.152. The SMILES string of the molecule is N#CC(C#N)CC(C(=O)c1ccccc1)C(CC(=O)c1ccc(-c2ccccc2)cc1)c1ccccc1. The third kappa shape index (κ3) is 6.26. The fourth-order valence-electron chi connectivity index (χ4n) is 4.65. The first kappa shape index (κ1) is 25.3. The summed E-state index contributed by atoms with van der Waals surface area (Å²) in [5.41, 5.74) is 3.98. The molecule has 180 valence electrons. The smallest absolute Gasteiger partial charge is 0.166 e. The number of carbonyl (C=O) groups is 2. The molecular weight excluding hydrogens is 456 g/mol. The largest absolute Gasteiger partial charge is 0.294 e. The monoisotopic (exact) mass is 482 g/mol. The molecule has 0 aromatic heterocycles. The maximum Gasteiger partial charge on any atom is 0.166 e.